The Balaban J connectivity index is 1.62. The fraction of sp³-hybridized carbons (Fsp3) is 0.462. The first kappa shape index (κ1) is 24.7. The zero-order valence-electron chi connectivity index (χ0n) is 20.4. The molecule has 2 aromatic carbocycles. The van der Waals surface area contributed by atoms with Crippen LogP contribution in [0.1, 0.15) is 30.5 Å². The summed E-state index contributed by atoms with van der Waals surface area (Å²) in [7, 11) is 1.81. The van der Waals surface area contributed by atoms with Crippen molar-refractivity contribution >= 4 is 17.5 Å². The highest BCUT2D eigenvalue weighted by Gasteiger charge is 2.26. The molecule has 0 saturated heterocycles. The lowest BCUT2D eigenvalue weighted by molar-refractivity contribution is -0.145. The number of hydrogen-bond donors (Lipinski definition) is 1. The molecule has 0 aliphatic carbocycles. The lowest BCUT2D eigenvalue weighted by Gasteiger charge is -2.31. The molecule has 33 heavy (non-hydrogen) atoms. The fourth-order valence-corrected chi connectivity index (χ4v) is 4.07. The molecule has 0 saturated carbocycles. The average molecular weight is 452 g/mol. The highest BCUT2D eigenvalue weighted by molar-refractivity contribution is 5.86. The van der Waals surface area contributed by atoms with Crippen LogP contribution in [0.4, 0.5) is 5.69 Å². The van der Waals surface area contributed by atoms with Gasteiger partial charge < -0.3 is 15.1 Å². The first-order valence-corrected chi connectivity index (χ1v) is 11.8. The van der Waals surface area contributed by atoms with Gasteiger partial charge in [-0.25, -0.2) is 5.01 Å². The molecule has 0 fully saturated rings. The van der Waals surface area contributed by atoms with Crippen molar-refractivity contribution in [1.82, 2.24) is 20.2 Å². The Morgan fingerprint density at radius 1 is 0.939 bits per heavy atom. The number of carbonyl (C=O) groups excluding carboxylic acids is 2. The largest absolute Gasteiger partial charge is 0.353 e. The van der Waals surface area contributed by atoms with Gasteiger partial charge in [-0.05, 0) is 43.3 Å². The lowest BCUT2D eigenvalue weighted by atomic mass is 10.1. The minimum Gasteiger partial charge on any atom is -0.353 e. The SMILES string of the molecule is CCN(CC)CCNC(=O)CN(CC(=O)N(C)N1Cc2ccccc2C1)c1ccc(C)cc1. The van der Waals surface area contributed by atoms with Crippen molar-refractivity contribution in [2.75, 3.05) is 51.2 Å². The standard InChI is InChI=1S/C26H37N5O2/c1-5-29(6-2)16-15-27-25(32)19-30(24-13-11-21(3)12-14-24)20-26(33)28(4)31-17-22-9-7-8-10-23(22)18-31/h7-14H,5-6,15-20H2,1-4H3,(H,27,32). The van der Waals surface area contributed by atoms with E-state index in [1.807, 2.05) is 60.3 Å². The van der Waals surface area contributed by atoms with E-state index in [1.165, 1.54) is 11.1 Å². The van der Waals surface area contributed by atoms with Gasteiger partial charge >= 0.3 is 0 Å². The normalized spacial score (nSPS) is 13.1. The van der Waals surface area contributed by atoms with E-state index in [-0.39, 0.29) is 24.9 Å². The van der Waals surface area contributed by atoms with E-state index in [0.29, 0.717) is 6.54 Å². The molecule has 0 bridgehead atoms. The second kappa shape index (κ2) is 11.8. The smallest absolute Gasteiger partial charge is 0.256 e. The molecule has 178 valence electrons. The van der Waals surface area contributed by atoms with E-state index in [1.54, 1.807) is 5.01 Å². The molecule has 1 aliphatic heterocycles. The number of nitrogens with one attached hydrogen (secondary N) is 1. The molecule has 7 heteroatoms. The van der Waals surface area contributed by atoms with Crippen molar-refractivity contribution in [1.29, 1.82) is 0 Å². The predicted molar refractivity (Wildman–Crippen MR) is 133 cm³/mol. The molecule has 2 aromatic rings. The maximum atomic E-state index is 13.2. The third-order valence-corrected chi connectivity index (χ3v) is 6.31. The zero-order valence-corrected chi connectivity index (χ0v) is 20.4. The summed E-state index contributed by atoms with van der Waals surface area (Å²) in [4.78, 5) is 30.0. The molecule has 2 amide bonds. The minimum atomic E-state index is -0.0771. The summed E-state index contributed by atoms with van der Waals surface area (Å²) in [6, 6.07) is 16.2. The Kier molecular flexibility index (Phi) is 8.86. The molecular formula is C26H37N5O2. The van der Waals surface area contributed by atoms with Crippen LogP contribution in [0.25, 0.3) is 0 Å². The first-order chi connectivity index (χ1) is 15.9. The van der Waals surface area contributed by atoms with Crippen LogP contribution >= 0.6 is 0 Å². The Morgan fingerprint density at radius 2 is 1.55 bits per heavy atom. The van der Waals surface area contributed by atoms with Crippen LogP contribution in [0.15, 0.2) is 48.5 Å². The molecule has 0 spiro atoms. The summed E-state index contributed by atoms with van der Waals surface area (Å²) in [5.74, 6) is -0.119. The van der Waals surface area contributed by atoms with E-state index >= 15 is 0 Å². The van der Waals surface area contributed by atoms with Gasteiger partial charge in [-0.3, -0.25) is 14.6 Å². The third kappa shape index (κ3) is 6.79. The van der Waals surface area contributed by atoms with Gasteiger partial charge in [-0.15, -0.1) is 0 Å². The van der Waals surface area contributed by atoms with Gasteiger partial charge in [0.25, 0.3) is 5.91 Å². The van der Waals surface area contributed by atoms with Crippen LogP contribution in [-0.2, 0) is 22.7 Å². The maximum absolute atomic E-state index is 13.2. The molecule has 1 aliphatic rings. The van der Waals surface area contributed by atoms with Gasteiger partial charge in [0.2, 0.25) is 5.91 Å². The van der Waals surface area contributed by atoms with Gasteiger partial charge in [0, 0.05) is 38.9 Å². The highest BCUT2D eigenvalue weighted by Crippen LogP contribution is 2.23. The maximum Gasteiger partial charge on any atom is 0.256 e. The Hall–Kier alpha value is -2.90. The topological polar surface area (TPSA) is 59.1 Å². The van der Waals surface area contributed by atoms with Crippen molar-refractivity contribution in [3.8, 4) is 0 Å². The molecule has 0 unspecified atom stereocenters. The van der Waals surface area contributed by atoms with Crippen LogP contribution in [0.5, 0.6) is 0 Å². The molecule has 1 heterocycles. The Bertz CT molecular complexity index is 902. The Morgan fingerprint density at radius 3 is 2.12 bits per heavy atom. The summed E-state index contributed by atoms with van der Waals surface area (Å²) < 4.78 is 0. The summed E-state index contributed by atoms with van der Waals surface area (Å²) in [6.45, 7) is 11.3. The van der Waals surface area contributed by atoms with Crippen LogP contribution in [0.3, 0.4) is 0 Å². The minimum absolute atomic E-state index is 0.0423. The quantitative estimate of drug-likeness (QED) is 0.569. The average Bonchev–Trinajstić information content (AvgIpc) is 3.25. The van der Waals surface area contributed by atoms with Crippen molar-refractivity contribution < 1.29 is 9.59 Å². The first-order valence-electron chi connectivity index (χ1n) is 11.8. The molecule has 0 radical (unpaired) electrons. The number of rotatable bonds is 11. The molecule has 1 N–H and O–H groups in total. The second-order valence-electron chi connectivity index (χ2n) is 8.58. The monoisotopic (exact) mass is 451 g/mol. The van der Waals surface area contributed by atoms with E-state index in [2.05, 4.69) is 36.2 Å². The molecule has 0 atom stereocenters. The summed E-state index contributed by atoms with van der Waals surface area (Å²) >= 11 is 0. The van der Waals surface area contributed by atoms with E-state index < -0.39 is 0 Å². The van der Waals surface area contributed by atoms with E-state index in [0.717, 1.165) is 44.0 Å². The summed E-state index contributed by atoms with van der Waals surface area (Å²) in [5, 5.41) is 6.75. The van der Waals surface area contributed by atoms with Gasteiger partial charge in [0.1, 0.15) is 0 Å². The summed E-state index contributed by atoms with van der Waals surface area (Å²) in [6.07, 6.45) is 0. The van der Waals surface area contributed by atoms with Crippen LogP contribution in [0, 0.1) is 6.92 Å². The van der Waals surface area contributed by atoms with Gasteiger partial charge in [-0.2, -0.15) is 0 Å². The number of carbonyl (C=O) groups is 2. The third-order valence-electron chi connectivity index (χ3n) is 6.31. The van der Waals surface area contributed by atoms with Crippen molar-refractivity contribution in [3.63, 3.8) is 0 Å². The van der Waals surface area contributed by atoms with E-state index in [9.17, 15) is 9.59 Å². The van der Waals surface area contributed by atoms with Gasteiger partial charge in [0.05, 0.1) is 13.1 Å². The number of aryl methyl sites for hydroxylation is 1. The second-order valence-corrected chi connectivity index (χ2v) is 8.58. The zero-order chi connectivity index (χ0) is 23.8. The molecular weight excluding hydrogens is 414 g/mol. The van der Waals surface area contributed by atoms with Gasteiger partial charge in [0.15, 0.2) is 0 Å². The Labute approximate surface area is 197 Å². The highest BCUT2D eigenvalue weighted by atomic mass is 16.2. The van der Waals surface area contributed by atoms with Crippen LogP contribution in [0.2, 0.25) is 0 Å². The van der Waals surface area contributed by atoms with Crippen LogP contribution in [-0.4, -0.2) is 73.0 Å². The number of hydrogen-bond acceptors (Lipinski definition) is 5. The molecule has 3 rings (SSSR count). The molecule has 7 nitrogen and oxygen atoms in total. The number of anilines is 1. The lowest BCUT2D eigenvalue weighted by Crippen LogP contribution is -2.48. The van der Waals surface area contributed by atoms with Crippen LogP contribution < -0.4 is 10.2 Å². The van der Waals surface area contributed by atoms with Crippen molar-refractivity contribution in [2.24, 2.45) is 0 Å². The predicted octanol–water partition coefficient (Wildman–Crippen LogP) is 2.65. The summed E-state index contributed by atoms with van der Waals surface area (Å²) in [5.41, 5.74) is 4.51. The number of likely N-dealkylation sites (N-methyl/N-ethyl adjacent to an activating group) is 2. The number of nitrogens with zero attached hydrogens (tertiary/aromatic N) is 4. The fourth-order valence-electron chi connectivity index (χ4n) is 4.07. The number of amides is 2. The number of fused-ring (bicyclic) bond motifs is 1. The molecule has 0 aromatic heterocycles. The number of benzene rings is 2. The van der Waals surface area contributed by atoms with E-state index in [4.69, 9.17) is 0 Å². The van der Waals surface area contributed by atoms with Gasteiger partial charge in [-0.1, -0.05) is 55.8 Å². The number of hydrazine groups is 1. The van der Waals surface area contributed by atoms with Crippen molar-refractivity contribution in [2.45, 2.75) is 33.9 Å². The van der Waals surface area contributed by atoms with Crippen molar-refractivity contribution in [3.05, 3.63) is 65.2 Å².